The molecule has 0 atom stereocenters. The molecule has 0 aliphatic carbocycles. The van der Waals surface area contributed by atoms with Crippen LogP contribution < -0.4 is 4.74 Å². The largest absolute Gasteiger partial charge is 0.494 e. The van der Waals surface area contributed by atoms with Crippen molar-refractivity contribution in [2.75, 3.05) is 45.9 Å². The molecule has 158 valence electrons. The summed E-state index contributed by atoms with van der Waals surface area (Å²) in [5.74, 6) is 0.620. The van der Waals surface area contributed by atoms with Crippen molar-refractivity contribution >= 4 is 20.2 Å². The van der Waals surface area contributed by atoms with Crippen molar-refractivity contribution in [3.05, 3.63) is 24.3 Å². The van der Waals surface area contributed by atoms with Gasteiger partial charge in [-0.1, -0.05) is 12.8 Å². The average molecular weight is 432 g/mol. The SMILES string of the molecule is CCOc1ccc(S(=O)(=O)N2CCN(S(=O)(=O)N3CCCCCC3)CC2)cc1. The molecular weight excluding hydrogens is 402 g/mol. The van der Waals surface area contributed by atoms with Gasteiger partial charge < -0.3 is 4.74 Å². The number of rotatable bonds is 6. The molecule has 0 radical (unpaired) electrons. The minimum Gasteiger partial charge on any atom is -0.494 e. The van der Waals surface area contributed by atoms with Crippen molar-refractivity contribution in [2.24, 2.45) is 0 Å². The first-order chi connectivity index (χ1) is 13.4. The summed E-state index contributed by atoms with van der Waals surface area (Å²) in [5.41, 5.74) is 0. The predicted octanol–water partition coefficient (Wildman–Crippen LogP) is 1.51. The van der Waals surface area contributed by atoms with Crippen molar-refractivity contribution in [3.8, 4) is 5.75 Å². The van der Waals surface area contributed by atoms with Gasteiger partial charge >= 0.3 is 0 Å². The van der Waals surface area contributed by atoms with Gasteiger partial charge in [0.15, 0.2) is 0 Å². The second kappa shape index (κ2) is 9.08. The maximum absolute atomic E-state index is 12.9. The van der Waals surface area contributed by atoms with Crippen LogP contribution in [0.5, 0.6) is 5.75 Å². The van der Waals surface area contributed by atoms with Crippen LogP contribution in [0.25, 0.3) is 0 Å². The van der Waals surface area contributed by atoms with Gasteiger partial charge in [-0.05, 0) is 44.0 Å². The lowest BCUT2D eigenvalue weighted by molar-refractivity contribution is 0.254. The maximum atomic E-state index is 12.9. The van der Waals surface area contributed by atoms with Gasteiger partial charge in [0.1, 0.15) is 5.75 Å². The maximum Gasteiger partial charge on any atom is 0.282 e. The molecule has 2 heterocycles. The third-order valence-corrected chi connectivity index (χ3v) is 9.14. The molecule has 8 nitrogen and oxygen atoms in total. The van der Waals surface area contributed by atoms with E-state index in [1.807, 2.05) is 6.92 Å². The van der Waals surface area contributed by atoms with Crippen LogP contribution in [-0.2, 0) is 20.2 Å². The van der Waals surface area contributed by atoms with Gasteiger partial charge in [0, 0.05) is 39.3 Å². The summed E-state index contributed by atoms with van der Waals surface area (Å²) in [7, 11) is -7.18. The van der Waals surface area contributed by atoms with E-state index in [9.17, 15) is 16.8 Å². The fourth-order valence-electron chi connectivity index (χ4n) is 3.60. The summed E-state index contributed by atoms with van der Waals surface area (Å²) < 4.78 is 61.2. The van der Waals surface area contributed by atoms with Gasteiger partial charge in [-0.15, -0.1) is 0 Å². The van der Waals surface area contributed by atoms with E-state index < -0.39 is 20.2 Å². The van der Waals surface area contributed by atoms with E-state index in [1.54, 1.807) is 16.4 Å². The highest BCUT2D eigenvalue weighted by atomic mass is 32.2. The standard InChI is InChI=1S/C18H29N3O5S2/c1-2-26-17-7-9-18(10-8-17)27(22,23)19-13-15-21(16-14-19)28(24,25)20-11-5-3-4-6-12-20/h7-10H,2-6,11-16H2,1H3. The minimum absolute atomic E-state index is 0.155. The molecule has 0 aromatic heterocycles. The molecule has 1 aromatic carbocycles. The summed E-state index contributed by atoms with van der Waals surface area (Å²) in [6.07, 6.45) is 3.87. The Morgan fingerprint density at radius 2 is 1.25 bits per heavy atom. The van der Waals surface area contributed by atoms with E-state index in [1.165, 1.54) is 20.7 Å². The van der Waals surface area contributed by atoms with E-state index in [2.05, 4.69) is 0 Å². The van der Waals surface area contributed by atoms with E-state index in [4.69, 9.17) is 4.74 Å². The predicted molar refractivity (Wildman–Crippen MR) is 107 cm³/mol. The molecular formula is C18H29N3O5S2. The molecule has 2 aliphatic heterocycles. The fraction of sp³-hybridized carbons (Fsp3) is 0.667. The second-order valence-corrected chi connectivity index (χ2v) is 10.9. The van der Waals surface area contributed by atoms with Crippen molar-refractivity contribution in [2.45, 2.75) is 37.5 Å². The van der Waals surface area contributed by atoms with Crippen molar-refractivity contribution in [1.29, 1.82) is 0 Å². The summed E-state index contributed by atoms with van der Waals surface area (Å²) >= 11 is 0. The van der Waals surface area contributed by atoms with Crippen LogP contribution in [0, 0.1) is 0 Å². The number of hydrogen-bond acceptors (Lipinski definition) is 5. The smallest absolute Gasteiger partial charge is 0.282 e. The number of hydrogen-bond donors (Lipinski definition) is 0. The molecule has 0 N–H and O–H groups in total. The molecule has 0 bridgehead atoms. The normalized spacial score (nSPS) is 21.3. The third kappa shape index (κ3) is 4.68. The highest BCUT2D eigenvalue weighted by Gasteiger charge is 2.36. The number of sulfonamides is 1. The Bertz CT molecular complexity index is 840. The number of nitrogens with zero attached hydrogens (tertiary/aromatic N) is 3. The second-order valence-electron chi connectivity index (χ2n) is 7.03. The third-order valence-electron chi connectivity index (χ3n) is 5.19. The van der Waals surface area contributed by atoms with E-state index in [0.29, 0.717) is 25.4 Å². The first-order valence-electron chi connectivity index (χ1n) is 9.84. The Hall–Kier alpha value is -1.20. The number of piperazine rings is 1. The number of benzene rings is 1. The van der Waals surface area contributed by atoms with Crippen molar-refractivity contribution in [1.82, 2.24) is 12.9 Å². The Morgan fingerprint density at radius 1 is 0.750 bits per heavy atom. The van der Waals surface area contributed by atoms with Crippen LogP contribution in [0.4, 0.5) is 0 Å². The summed E-state index contributed by atoms with van der Waals surface area (Å²) in [6, 6.07) is 6.33. The lowest BCUT2D eigenvalue weighted by Gasteiger charge is -2.35. The van der Waals surface area contributed by atoms with Crippen LogP contribution in [0.2, 0.25) is 0 Å². The molecule has 28 heavy (non-hydrogen) atoms. The molecule has 2 aliphatic rings. The molecule has 0 spiro atoms. The molecule has 10 heteroatoms. The Morgan fingerprint density at radius 3 is 1.79 bits per heavy atom. The molecule has 2 saturated heterocycles. The Labute approximate surface area is 168 Å². The molecule has 3 rings (SSSR count). The van der Waals surface area contributed by atoms with Crippen LogP contribution in [0.1, 0.15) is 32.6 Å². The topological polar surface area (TPSA) is 87.2 Å². The van der Waals surface area contributed by atoms with E-state index >= 15 is 0 Å². The number of ether oxygens (including phenoxy) is 1. The Kier molecular flexibility index (Phi) is 6.98. The van der Waals surface area contributed by atoms with Gasteiger partial charge in [0.25, 0.3) is 10.2 Å². The summed E-state index contributed by atoms with van der Waals surface area (Å²) in [4.78, 5) is 0.194. The first kappa shape index (κ1) is 21.5. The van der Waals surface area contributed by atoms with Gasteiger partial charge in [0.05, 0.1) is 11.5 Å². The van der Waals surface area contributed by atoms with Gasteiger partial charge in [-0.3, -0.25) is 0 Å². The fourth-order valence-corrected chi connectivity index (χ4v) is 6.69. The van der Waals surface area contributed by atoms with E-state index in [-0.39, 0.29) is 31.1 Å². The highest BCUT2D eigenvalue weighted by Crippen LogP contribution is 2.23. The first-order valence-corrected chi connectivity index (χ1v) is 12.7. The average Bonchev–Trinajstić information content (AvgIpc) is 2.99. The summed E-state index contributed by atoms with van der Waals surface area (Å²) in [6.45, 7) is 4.14. The Balaban J connectivity index is 1.65. The summed E-state index contributed by atoms with van der Waals surface area (Å²) in [5, 5.41) is 0. The van der Waals surface area contributed by atoms with Crippen LogP contribution in [0.3, 0.4) is 0 Å². The zero-order valence-corrected chi connectivity index (χ0v) is 17.9. The lowest BCUT2D eigenvalue weighted by Crippen LogP contribution is -2.54. The zero-order valence-electron chi connectivity index (χ0n) is 16.3. The van der Waals surface area contributed by atoms with Crippen molar-refractivity contribution < 1.29 is 21.6 Å². The highest BCUT2D eigenvalue weighted by molar-refractivity contribution is 7.89. The van der Waals surface area contributed by atoms with E-state index in [0.717, 1.165) is 25.7 Å². The molecule has 0 unspecified atom stereocenters. The van der Waals surface area contributed by atoms with Gasteiger partial charge in [0.2, 0.25) is 10.0 Å². The van der Waals surface area contributed by atoms with Crippen LogP contribution in [0.15, 0.2) is 29.2 Å². The van der Waals surface area contributed by atoms with Crippen LogP contribution in [-0.4, -0.2) is 75.6 Å². The quantitative estimate of drug-likeness (QED) is 0.681. The lowest BCUT2D eigenvalue weighted by atomic mass is 10.2. The molecule has 2 fully saturated rings. The minimum atomic E-state index is -3.65. The van der Waals surface area contributed by atoms with Crippen LogP contribution >= 0.6 is 0 Å². The van der Waals surface area contributed by atoms with Gasteiger partial charge in [-0.2, -0.15) is 21.3 Å². The molecule has 0 saturated carbocycles. The molecule has 0 amide bonds. The monoisotopic (exact) mass is 431 g/mol. The van der Waals surface area contributed by atoms with Crippen molar-refractivity contribution in [3.63, 3.8) is 0 Å². The molecule has 1 aromatic rings. The van der Waals surface area contributed by atoms with Gasteiger partial charge in [-0.25, -0.2) is 8.42 Å². The zero-order chi connectivity index (χ0) is 20.2.